The summed E-state index contributed by atoms with van der Waals surface area (Å²) in [6.07, 6.45) is 4.00. The highest BCUT2D eigenvalue weighted by atomic mass is 19.1. The van der Waals surface area contributed by atoms with Gasteiger partial charge in [0.25, 0.3) is 0 Å². The van der Waals surface area contributed by atoms with E-state index in [1.807, 2.05) is 4.90 Å². The Balaban J connectivity index is 1.47. The monoisotopic (exact) mass is 304 g/mol. The first-order chi connectivity index (χ1) is 10.6. The summed E-state index contributed by atoms with van der Waals surface area (Å²) in [5, 5.41) is 2.97. The number of nitrogens with one attached hydrogen (secondary N) is 1. The predicted molar refractivity (Wildman–Crippen MR) is 80.8 cm³/mol. The van der Waals surface area contributed by atoms with Crippen molar-refractivity contribution in [2.45, 2.75) is 37.5 Å². The van der Waals surface area contributed by atoms with Gasteiger partial charge in [-0.3, -0.25) is 9.59 Å². The predicted octanol–water partition coefficient (Wildman–Crippen LogP) is 1.99. The van der Waals surface area contributed by atoms with E-state index in [0.717, 1.165) is 37.8 Å². The molecule has 1 heterocycles. The summed E-state index contributed by atoms with van der Waals surface area (Å²) < 4.78 is 13.0. The lowest BCUT2D eigenvalue weighted by Crippen LogP contribution is -2.36. The van der Waals surface area contributed by atoms with Crippen LogP contribution in [0.25, 0.3) is 0 Å². The summed E-state index contributed by atoms with van der Waals surface area (Å²) >= 11 is 0. The first kappa shape index (κ1) is 15.0. The van der Waals surface area contributed by atoms with Gasteiger partial charge in [0.2, 0.25) is 11.8 Å². The molecule has 1 saturated carbocycles. The molecule has 0 spiro atoms. The van der Waals surface area contributed by atoms with Gasteiger partial charge in [0.15, 0.2) is 0 Å². The average Bonchev–Trinajstić information content (AvgIpc) is 3.23. The van der Waals surface area contributed by atoms with Gasteiger partial charge in [-0.2, -0.15) is 0 Å². The van der Waals surface area contributed by atoms with Crippen molar-refractivity contribution in [1.82, 2.24) is 10.2 Å². The molecule has 4 nitrogen and oxygen atoms in total. The Morgan fingerprint density at radius 3 is 2.59 bits per heavy atom. The second kappa shape index (κ2) is 6.07. The number of hydrogen-bond acceptors (Lipinski definition) is 2. The van der Waals surface area contributed by atoms with Gasteiger partial charge in [-0.15, -0.1) is 0 Å². The number of amides is 2. The van der Waals surface area contributed by atoms with E-state index in [9.17, 15) is 14.0 Å². The number of rotatable bonds is 6. The fourth-order valence-corrected chi connectivity index (χ4v) is 3.12. The second-order valence-electron chi connectivity index (χ2n) is 6.18. The van der Waals surface area contributed by atoms with E-state index in [4.69, 9.17) is 0 Å². The van der Waals surface area contributed by atoms with Gasteiger partial charge in [0.05, 0.1) is 5.41 Å². The topological polar surface area (TPSA) is 49.4 Å². The number of halogens is 1. The van der Waals surface area contributed by atoms with E-state index >= 15 is 0 Å². The van der Waals surface area contributed by atoms with Crippen molar-refractivity contribution in [2.24, 2.45) is 0 Å². The van der Waals surface area contributed by atoms with Crippen LogP contribution in [0.15, 0.2) is 24.3 Å². The van der Waals surface area contributed by atoms with Crippen LogP contribution in [-0.2, 0) is 15.0 Å². The molecule has 1 aromatic rings. The molecule has 1 aliphatic carbocycles. The van der Waals surface area contributed by atoms with Crippen LogP contribution in [0.3, 0.4) is 0 Å². The van der Waals surface area contributed by atoms with Gasteiger partial charge in [-0.05, 0) is 43.4 Å². The first-order valence-electron chi connectivity index (χ1n) is 7.94. The van der Waals surface area contributed by atoms with Gasteiger partial charge < -0.3 is 10.2 Å². The summed E-state index contributed by atoms with van der Waals surface area (Å²) in [6, 6.07) is 6.21. The zero-order valence-corrected chi connectivity index (χ0v) is 12.6. The fraction of sp³-hybridized carbons (Fsp3) is 0.529. The second-order valence-corrected chi connectivity index (χ2v) is 6.18. The zero-order chi connectivity index (χ0) is 15.6. The van der Waals surface area contributed by atoms with Crippen LogP contribution in [0.1, 0.15) is 37.7 Å². The van der Waals surface area contributed by atoms with Crippen molar-refractivity contribution in [2.75, 3.05) is 19.6 Å². The highest BCUT2D eigenvalue weighted by Gasteiger charge is 2.50. The Morgan fingerprint density at radius 2 is 2.00 bits per heavy atom. The number of carbonyl (C=O) groups excluding carboxylic acids is 2. The fourth-order valence-electron chi connectivity index (χ4n) is 3.12. The standard InChI is InChI=1S/C17H21FN2O2/c18-14-6-4-13(5-7-14)17(8-9-17)16(22)19-10-2-12-20-11-1-3-15(20)21/h4-7H,1-3,8-12H2,(H,19,22). The quantitative estimate of drug-likeness (QED) is 0.817. The van der Waals surface area contributed by atoms with Gasteiger partial charge in [-0.25, -0.2) is 4.39 Å². The summed E-state index contributed by atoms with van der Waals surface area (Å²) in [7, 11) is 0. The molecule has 0 bridgehead atoms. The number of carbonyl (C=O) groups is 2. The molecule has 22 heavy (non-hydrogen) atoms. The lowest BCUT2D eigenvalue weighted by molar-refractivity contribution is -0.127. The van der Waals surface area contributed by atoms with Crippen LogP contribution < -0.4 is 5.32 Å². The Bertz CT molecular complexity index is 567. The molecule has 0 aromatic heterocycles. The maximum absolute atomic E-state index is 13.0. The van der Waals surface area contributed by atoms with Gasteiger partial charge in [-0.1, -0.05) is 12.1 Å². The van der Waals surface area contributed by atoms with E-state index in [2.05, 4.69) is 5.32 Å². The van der Waals surface area contributed by atoms with Gasteiger partial charge in [0.1, 0.15) is 5.82 Å². The minimum atomic E-state index is -0.461. The third-order valence-electron chi connectivity index (χ3n) is 4.64. The number of hydrogen-bond donors (Lipinski definition) is 1. The average molecular weight is 304 g/mol. The Kier molecular flexibility index (Phi) is 4.14. The van der Waals surface area contributed by atoms with Crippen LogP contribution in [0.4, 0.5) is 4.39 Å². The highest BCUT2D eigenvalue weighted by molar-refractivity contribution is 5.91. The molecule has 1 aromatic carbocycles. The van der Waals surface area contributed by atoms with Crippen LogP contribution >= 0.6 is 0 Å². The van der Waals surface area contributed by atoms with Crippen molar-refractivity contribution in [3.63, 3.8) is 0 Å². The minimum Gasteiger partial charge on any atom is -0.355 e. The van der Waals surface area contributed by atoms with Crippen molar-refractivity contribution in [3.05, 3.63) is 35.6 Å². The summed E-state index contributed by atoms with van der Waals surface area (Å²) in [4.78, 5) is 25.7. The minimum absolute atomic E-state index is 0.0202. The Labute approximate surface area is 129 Å². The molecular formula is C17H21FN2O2. The molecule has 0 unspecified atom stereocenters. The maximum Gasteiger partial charge on any atom is 0.230 e. The smallest absolute Gasteiger partial charge is 0.230 e. The third kappa shape index (κ3) is 2.98. The van der Waals surface area contributed by atoms with E-state index in [1.54, 1.807) is 12.1 Å². The molecule has 2 amide bonds. The van der Waals surface area contributed by atoms with E-state index in [1.165, 1.54) is 12.1 Å². The van der Waals surface area contributed by atoms with Crippen molar-refractivity contribution < 1.29 is 14.0 Å². The van der Waals surface area contributed by atoms with Gasteiger partial charge >= 0.3 is 0 Å². The van der Waals surface area contributed by atoms with Crippen LogP contribution in [0.2, 0.25) is 0 Å². The normalized spacial score (nSPS) is 19.3. The van der Waals surface area contributed by atoms with Crippen molar-refractivity contribution in [3.8, 4) is 0 Å². The van der Waals surface area contributed by atoms with Gasteiger partial charge in [0, 0.05) is 26.1 Å². The molecule has 0 radical (unpaired) electrons. The molecule has 3 rings (SSSR count). The summed E-state index contributed by atoms with van der Waals surface area (Å²) in [5.41, 5.74) is 0.429. The summed E-state index contributed by atoms with van der Waals surface area (Å²) in [5.74, 6) is -0.0432. The zero-order valence-electron chi connectivity index (χ0n) is 12.6. The highest BCUT2D eigenvalue weighted by Crippen LogP contribution is 2.48. The Hall–Kier alpha value is -1.91. The molecule has 118 valence electrons. The van der Waals surface area contributed by atoms with Crippen molar-refractivity contribution in [1.29, 1.82) is 0 Å². The molecule has 5 heteroatoms. The van der Waals surface area contributed by atoms with E-state index in [-0.39, 0.29) is 17.6 Å². The van der Waals surface area contributed by atoms with Crippen LogP contribution in [0.5, 0.6) is 0 Å². The van der Waals surface area contributed by atoms with E-state index in [0.29, 0.717) is 19.5 Å². The number of likely N-dealkylation sites (tertiary alicyclic amines) is 1. The van der Waals surface area contributed by atoms with Crippen molar-refractivity contribution >= 4 is 11.8 Å². The van der Waals surface area contributed by atoms with Crippen LogP contribution in [0, 0.1) is 5.82 Å². The lowest BCUT2D eigenvalue weighted by Gasteiger charge is -2.18. The largest absolute Gasteiger partial charge is 0.355 e. The Morgan fingerprint density at radius 1 is 1.27 bits per heavy atom. The molecule has 1 N–H and O–H groups in total. The SMILES string of the molecule is O=C1CCCN1CCCNC(=O)C1(c2ccc(F)cc2)CC1. The lowest BCUT2D eigenvalue weighted by atomic mass is 9.95. The molecule has 1 aliphatic heterocycles. The molecule has 2 fully saturated rings. The molecular weight excluding hydrogens is 283 g/mol. The van der Waals surface area contributed by atoms with Crippen LogP contribution in [-0.4, -0.2) is 36.3 Å². The summed E-state index contributed by atoms with van der Waals surface area (Å²) in [6.45, 7) is 2.13. The third-order valence-corrected chi connectivity index (χ3v) is 4.64. The molecule has 0 atom stereocenters. The van der Waals surface area contributed by atoms with E-state index < -0.39 is 5.41 Å². The molecule has 1 saturated heterocycles. The molecule has 2 aliphatic rings. The number of benzene rings is 1. The first-order valence-corrected chi connectivity index (χ1v) is 7.94. The number of nitrogens with zero attached hydrogens (tertiary/aromatic N) is 1. The maximum atomic E-state index is 13.0.